The largest absolute Gasteiger partial charge is 0.312 e. The first-order chi connectivity index (χ1) is 9.62. The molecule has 2 nitrogen and oxygen atoms in total. The van der Waals surface area contributed by atoms with Gasteiger partial charge in [0.1, 0.15) is 0 Å². The molecule has 1 aliphatic heterocycles. The SMILES string of the molecule is CCC1(CC)CCN(CC(NC)c2ccc(C)cc2)C1. The lowest BCUT2D eigenvalue weighted by atomic mass is 9.82. The van der Waals surface area contributed by atoms with E-state index in [1.165, 1.54) is 43.5 Å². The van der Waals surface area contributed by atoms with Crippen molar-refractivity contribution in [1.82, 2.24) is 10.2 Å². The number of likely N-dealkylation sites (tertiary alicyclic amines) is 1. The average molecular weight is 274 g/mol. The molecule has 0 bridgehead atoms. The molecule has 2 rings (SSSR count). The van der Waals surface area contributed by atoms with Gasteiger partial charge in [0, 0.05) is 19.1 Å². The Morgan fingerprint density at radius 1 is 1.20 bits per heavy atom. The van der Waals surface area contributed by atoms with Crippen molar-refractivity contribution in [2.24, 2.45) is 5.41 Å². The van der Waals surface area contributed by atoms with Crippen LogP contribution in [0.5, 0.6) is 0 Å². The van der Waals surface area contributed by atoms with Crippen molar-refractivity contribution in [2.45, 2.75) is 46.1 Å². The van der Waals surface area contributed by atoms with Gasteiger partial charge >= 0.3 is 0 Å². The minimum absolute atomic E-state index is 0.445. The highest BCUT2D eigenvalue weighted by Crippen LogP contribution is 2.37. The molecule has 112 valence electrons. The van der Waals surface area contributed by atoms with E-state index in [1.807, 2.05) is 0 Å². The molecule has 0 aliphatic carbocycles. The van der Waals surface area contributed by atoms with E-state index in [4.69, 9.17) is 0 Å². The Morgan fingerprint density at radius 3 is 2.35 bits per heavy atom. The number of rotatable bonds is 6. The first-order valence-corrected chi connectivity index (χ1v) is 8.08. The third-order valence-electron chi connectivity index (χ3n) is 5.29. The number of hydrogen-bond acceptors (Lipinski definition) is 2. The summed E-state index contributed by atoms with van der Waals surface area (Å²) in [6.07, 6.45) is 3.99. The summed E-state index contributed by atoms with van der Waals surface area (Å²) < 4.78 is 0. The van der Waals surface area contributed by atoms with Crippen LogP contribution >= 0.6 is 0 Å². The van der Waals surface area contributed by atoms with Gasteiger partial charge < -0.3 is 10.2 Å². The van der Waals surface area contributed by atoms with Gasteiger partial charge in [-0.05, 0) is 50.8 Å². The van der Waals surface area contributed by atoms with Crippen LogP contribution in [0.1, 0.15) is 50.3 Å². The van der Waals surface area contributed by atoms with E-state index in [-0.39, 0.29) is 0 Å². The molecule has 2 heteroatoms. The summed E-state index contributed by atoms with van der Waals surface area (Å²) in [6.45, 7) is 10.5. The maximum atomic E-state index is 3.49. The van der Waals surface area contributed by atoms with Crippen LogP contribution < -0.4 is 5.32 Å². The molecule has 1 heterocycles. The molecule has 0 saturated carbocycles. The molecule has 0 amide bonds. The lowest BCUT2D eigenvalue weighted by molar-refractivity contribution is 0.227. The summed E-state index contributed by atoms with van der Waals surface area (Å²) in [4.78, 5) is 2.65. The molecule has 0 aromatic heterocycles. The minimum atomic E-state index is 0.445. The van der Waals surface area contributed by atoms with Gasteiger partial charge in [-0.25, -0.2) is 0 Å². The summed E-state index contributed by atoms with van der Waals surface area (Å²) in [6, 6.07) is 9.40. The van der Waals surface area contributed by atoms with Gasteiger partial charge in [0.05, 0.1) is 0 Å². The van der Waals surface area contributed by atoms with Crippen LogP contribution in [-0.2, 0) is 0 Å². The zero-order valence-electron chi connectivity index (χ0n) is 13.6. The Labute approximate surface area is 124 Å². The molecular formula is C18H30N2. The Morgan fingerprint density at radius 2 is 1.85 bits per heavy atom. The average Bonchev–Trinajstić information content (AvgIpc) is 2.90. The number of nitrogens with zero attached hydrogens (tertiary/aromatic N) is 1. The summed E-state index contributed by atoms with van der Waals surface area (Å²) >= 11 is 0. The smallest absolute Gasteiger partial charge is 0.0446 e. The lowest BCUT2D eigenvalue weighted by Gasteiger charge is -2.28. The molecule has 1 saturated heterocycles. The van der Waals surface area contributed by atoms with E-state index in [0.717, 1.165) is 6.54 Å². The quantitative estimate of drug-likeness (QED) is 0.849. The Hall–Kier alpha value is -0.860. The molecule has 1 aliphatic rings. The monoisotopic (exact) mass is 274 g/mol. The van der Waals surface area contributed by atoms with Crippen molar-refractivity contribution in [3.8, 4) is 0 Å². The van der Waals surface area contributed by atoms with Gasteiger partial charge in [0.25, 0.3) is 0 Å². The zero-order chi connectivity index (χ0) is 14.6. The number of aryl methyl sites for hydroxylation is 1. The van der Waals surface area contributed by atoms with Crippen LogP contribution in [0, 0.1) is 12.3 Å². The third-order valence-corrected chi connectivity index (χ3v) is 5.29. The van der Waals surface area contributed by atoms with Crippen LogP contribution in [0.3, 0.4) is 0 Å². The second-order valence-corrected chi connectivity index (χ2v) is 6.44. The van der Waals surface area contributed by atoms with E-state index in [2.05, 4.69) is 62.3 Å². The second kappa shape index (κ2) is 6.73. The van der Waals surface area contributed by atoms with Crippen molar-refractivity contribution >= 4 is 0 Å². The predicted octanol–water partition coefficient (Wildman–Crippen LogP) is 3.77. The summed E-state index contributed by atoms with van der Waals surface area (Å²) in [5.74, 6) is 0. The van der Waals surface area contributed by atoms with Crippen LogP contribution in [0.15, 0.2) is 24.3 Å². The van der Waals surface area contributed by atoms with Crippen LogP contribution in [0.2, 0.25) is 0 Å². The molecule has 0 spiro atoms. The van der Waals surface area contributed by atoms with Crippen molar-refractivity contribution in [3.05, 3.63) is 35.4 Å². The van der Waals surface area contributed by atoms with E-state index in [0.29, 0.717) is 11.5 Å². The summed E-state index contributed by atoms with van der Waals surface area (Å²) in [5.41, 5.74) is 3.32. The van der Waals surface area contributed by atoms with Crippen molar-refractivity contribution in [1.29, 1.82) is 0 Å². The molecule has 1 fully saturated rings. The minimum Gasteiger partial charge on any atom is -0.312 e. The third kappa shape index (κ3) is 3.42. The van der Waals surface area contributed by atoms with Crippen molar-refractivity contribution in [3.63, 3.8) is 0 Å². The molecule has 1 unspecified atom stereocenters. The highest BCUT2D eigenvalue weighted by atomic mass is 15.2. The maximum Gasteiger partial charge on any atom is 0.0446 e. The van der Waals surface area contributed by atoms with E-state index >= 15 is 0 Å². The predicted molar refractivity (Wildman–Crippen MR) is 87.1 cm³/mol. The highest BCUT2D eigenvalue weighted by molar-refractivity contribution is 5.24. The fourth-order valence-electron chi connectivity index (χ4n) is 3.43. The fourth-order valence-corrected chi connectivity index (χ4v) is 3.43. The fraction of sp³-hybridized carbons (Fsp3) is 0.667. The second-order valence-electron chi connectivity index (χ2n) is 6.44. The van der Waals surface area contributed by atoms with Gasteiger partial charge in [-0.15, -0.1) is 0 Å². The Bertz CT molecular complexity index is 406. The van der Waals surface area contributed by atoms with Gasteiger partial charge in [0.2, 0.25) is 0 Å². The van der Waals surface area contributed by atoms with Crippen LogP contribution in [-0.4, -0.2) is 31.6 Å². The standard InChI is InChI=1S/C18H30N2/c1-5-18(6-2)11-12-20(14-18)13-17(19-4)16-9-7-15(3)8-10-16/h7-10,17,19H,5-6,11-14H2,1-4H3. The lowest BCUT2D eigenvalue weighted by Crippen LogP contribution is -2.34. The molecule has 20 heavy (non-hydrogen) atoms. The molecule has 1 aromatic carbocycles. The molecule has 1 aromatic rings. The van der Waals surface area contributed by atoms with Gasteiger partial charge in [0.15, 0.2) is 0 Å². The molecular weight excluding hydrogens is 244 g/mol. The summed E-state index contributed by atoms with van der Waals surface area (Å²) in [5, 5.41) is 3.49. The van der Waals surface area contributed by atoms with Gasteiger partial charge in [-0.2, -0.15) is 0 Å². The van der Waals surface area contributed by atoms with Crippen molar-refractivity contribution < 1.29 is 0 Å². The zero-order valence-corrected chi connectivity index (χ0v) is 13.6. The topological polar surface area (TPSA) is 15.3 Å². The van der Waals surface area contributed by atoms with E-state index < -0.39 is 0 Å². The highest BCUT2D eigenvalue weighted by Gasteiger charge is 2.35. The first-order valence-electron chi connectivity index (χ1n) is 8.08. The normalized spacial score (nSPS) is 20.2. The summed E-state index contributed by atoms with van der Waals surface area (Å²) in [7, 11) is 2.08. The number of likely N-dealkylation sites (N-methyl/N-ethyl adjacent to an activating group) is 1. The Balaban J connectivity index is 1.99. The number of benzene rings is 1. The molecule has 1 atom stereocenters. The maximum absolute atomic E-state index is 3.49. The van der Waals surface area contributed by atoms with Crippen molar-refractivity contribution in [2.75, 3.05) is 26.7 Å². The molecule has 0 radical (unpaired) electrons. The number of hydrogen-bond donors (Lipinski definition) is 1. The van der Waals surface area contributed by atoms with Crippen LogP contribution in [0.25, 0.3) is 0 Å². The van der Waals surface area contributed by atoms with Gasteiger partial charge in [-0.1, -0.05) is 43.7 Å². The number of nitrogens with one attached hydrogen (secondary N) is 1. The van der Waals surface area contributed by atoms with E-state index in [1.54, 1.807) is 0 Å². The molecule has 1 N–H and O–H groups in total. The van der Waals surface area contributed by atoms with Crippen LogP contribution in [0.4, 0.5) is 0 Å². The van der Waals surface area contributed by atoms with Gasteiger partial charge in [-0.3, -0.25) is 0 Å². The first kappa shape index (κ1) is 15.5. The van der Waals surface area contributed by atoms with E-state index in [9.17, 15) is 0 Å². The Kier molecular flexibility index (Phi) is 5.22.